The van der Waals surface area contributed by atoms with E-state index in [4.69, 9.17) is 4.98 Å². The molecule has 0 radical (unpaired) electrons. The zero-order chi connectivity index (χ0) is 17.2. The van der Waals surface area contributed by atoms with Gasteiger partial charge in [0.1, 0.15) is 0 Å². The van der Waals surface area contributed by atoms with E-state index in [-0.39, 0.29) is 0 Å². The van der Waals surface area contributed by atoms with Gasteiger partial charge < -0.3 is 10.0 Å². The Labute approximate surface area is 146 Å². The van der Waals surface area contributed by atoms with Crippen molar-refractivity contribution in [2.24, 2.45) is 0 Å². The summed E-state index contributed by atoms with van der Waals surface area (Å²) in [7, 11) is -1.47. The van der Waals surface area contributed by atoms with Crippen LogP contribution in [-0.4, -0.2) is 22.2 Å². The van der Waals surface area contributed by atoms with Crippen LogP contribution in [-0.2, 0) is 0 Å². The van der Waals surface area contributed by atoms with Gasteiger partial charge in [0.25, 0.3) is 0 Å². The van der Waals surface area contributed by atoms with E-state index in [1.807, 2.05) is 48.5 Å². The first-order valence-corrected chi connectivity index (χ1v) is 8.14. The number of para-hydroxylation sites is 1. The molecule has 4 aromatic rings. The second kappa shape index (κ2) is 6.51. The Hall–Kier alpha value is -2.95. The number of aromatic nitrogens is 1. The van der Waals surface area contributed by atoms with Gasteiger partial charge in [-0.15, -0.1) is 0 Å². The van der Waals surface area contributed by atoms with Crippen molar-refractivity contribution in [2.75, 3.05) is 0 Å². The molecule has 0 saturated heterocycles. The number of rotatable bonds is 3. The number of hydrogen-bond acceptors (Lipinski definition) is 3. The first-order chi connectivity index (χ1) is 12.2. The van der Waals surface area contributed by atoms with Gasteiger partial charge in [-0.3, -0.25) is 0 Å². The molecule has 0 aliphatic carbocycles. The van der Waals surface area contributed by atoms with Crippen LogP contribution < -0.4 is 5.46 Å². The highest BCUT2D eigenvalue weighted by Crippen LogP contribution is 2.33. The van der Waals surface area contributed by atoms with E-state index in [0.29, 0.717) is 5.46 Å². The number of fused-ring (bicyclic) bond motifs is 1. The average Bonchev–Trinajstić information content (AvgIpc) is 2.68. The number of benzene rings is 3. The molecule has 4 heteroatoms. The Morgan fingerprint density at radius 3 is 2.08 bits per heavy atom. The van der Waals surface area contributed by atoms with Crippen LogP contribution in [0.2, 0.25) is 0 Å². The third-order valence-corrected chi connectivity index (χ3v) is 4.29. The van der Waals surface area contributed by atoms with Crippen molar-refractivity contribution < 1.29 is 10.0 Å². The normalized spacial score (nSPS) is 10.8. The highest BCUT2D eigenvalue weighted by atomic mass is 16.4. The van der Waals surface area contributed by atoms with Crippen molar-refractivity contribution >= 4 is 23.5 Å². The third-order valence-electron chi connectivity index (χ3n) is 4.29. The number of pyridine rings is 1. The number of nitrogens with zero attached hydrogens (tertiary/aromatic N) is 1. The second-order valence-electron chi connectivity index (χ2n) is 5.94. The van der Waals surface area contributed by atoms with Crippen molar-refractivity contribution in [3.05, 3.63) is 84.9 Å². The molecule has 1 heterocycles. The zero-order valence-corrected chi connectivity index (χ0v) is 13.5. The average molecular weight is 325 g/mol. The quantitative estimate of drug-likeness (QED) is 0.569. The van der Waals surface area contributed by atoms with Gasteiger partial charge in [-0.2, -0.15) is 0 Å². The second-order valence-corrected chi connectivity index (χ2v) is 5.94. The largest absolute Gasteiger partial charge is 0.488 e. The standard InChI is InChI=1S/C21H16BNO2/c24-22(25)18-12-10-16(11-13-18)21-19(15-6-2-1-3-7-15)14-17-8-4-5-9-20(17)23-21/h1-14,24-25H. The minimum atomic E-state index is -1.47. The van der Waals surface area contributed by atoms with Gasteiger partial charge in [0.15, 0.2) is 0 Å². The van der Waals surface area contributed by atoms with Crippen molar-refractivity contribution in [1.82, 2.24) is 4.98 Å². The summed E-state index contributed by atoms with van der Waals surface area (Å²) in [6.07, 6.45) is 0. The summed E-state index contributed by atoms with van der Waals surface area (Å²) < 4.78 is 0. The predicted octanol–water partition coefficient (Wildman–Crippen LogP) is 3.25. The van der Waals surface area contributed by atoms with Crippen LogP contribution in [0, 0.1) is 0 Å². The van der Waals surface area contributed by atoms with Gasteiger partial charge in [-0.05, 0) is 23.2 Å². The van der Waals surface area contributed by atoms with Crippen LogP contribution in [0.15, 0.2) is 84.9 Å². The lowest BCUT2D eigenvalue weighted by molar-refractivity contribution is 0.426. The van der Waals surface area contributed by atoms with Crippen molar-refractivity contribution in [1.29, 1.82) is 0 Å². The van der Waals surface area contributed by atoms with Gasteiger partial charge in [-0.25, -0.2) is 4.98 Å². The highest BCUT2D eigenvalue weighted by molar-refractivity contribution is 6.58. The molecule has 120 valence electrons. The minimum Gasteiger partial charge on any atom is -0.423 e. The lowest BCUT2D eigenvalue weighted by atomic mass is 9.80. The molecule has 0 aliphatic heterocycles. The molecule has 3 aromatic carbocycles. The fourth-order valence-corrected chi connectivity index (χ4v) is 2.99. The van der Waals surface area contributed by atoms with E-state index in [9.17, 15) is 10.0 Å². The molecular weight excluding hydrogens is 309 g/mol. The molecule has 25 heavy (non-hydrogen) atoms. The molecule has 0 saturated carbocycles. The summed E-state index contributed by atoms with van der Waals surface area (Å²) in [5.74, 6) is 0. The summed E-state index contributed by atoms with van der Waals surface area (Å²) in [5, 5.41) is 19.7. The van der Waals surface area contributed by atoms with Crippen molar-refractivity contribution in [3.8, 4) is 22.4 Å². The fourth-order valence-electron chi connectivity index (χ4n) is 2.99. The SMILES string of the molecule is OB(O)c1ccc(-c2nc3ccccc3cc2-c2ccccc2)cc1. The van der Waals surface area contributed by atoms with E-state index in [1.54, 1.807) is 12.1 Å². The summed E-state index contributed by atoms with van der Waals surface area (Å²) in [5.41, 5.74) is 5.37. The molecule has 0 unspecified atom stereocenters. The summed E-state index contributed by atoms with van der Waals surface area (Å²) in [6.45, 7) is 0. The predicted molar refractivity (Wildman–Crippen MR) is 102 cm³/mol. The minimum absolute atomic E-state index is 0.464. The smallest absolute Gasteiger partial charge is 0.423 e. The monoisotopic (exact) mass is 325 g/mol. The molecule has 0 aliphatic rings. The molecule has 0 fully saturated rings. The Morgan fingerprint density at radius 1 is 0.680 bits per heavy atom. The van der Waals surface area contributed by atoms with E-state index < -0.39 is 7.12 Å². The van der Waals surface area contributed by atoms with Gasteiger partial charge in [-0.1, -0.05) is 72.8 Å². The van der Waals surface area contributed by atoms with E-state index >= 15 is 0 Å². The van der Waals surface area contributed by atoms with Gasteiger partial charge in [0.2, 0.25) is 0 Å². The van der Waals surface area contributed by atoms with Gasteiger partial charge >= 0.3 is 7.12 Å². The van der Waals surface area contributed by atoms with E-state index in [1.165, 1.54) is 0 Å². The van der Waals surface area contributed by atoms with Crippen LogP contribution in [0.1, 0.15) is 0 Å². The van der Waals surface area contributed by atoms with Gasteiger partial charge in [0, 0.05) is 16.5 Å². The van der Waals surface area contributed by atoms with Crippen LogP contribution >= 0.6 is 0 Å². The van der Waals surface area contributed by atoms with E-state index in [2.05, 4.69) is 24.3 Å². The van der Waals surface area contributed by atoms with Crippen LogP contribution in [0.5, 0.6) is 0 Å². The summed E-state index contributed by atoms with van der Waals surface area (Å²) in [4.78, 5) is 4.87. The van der Waals surface area contributed by atoms with Crippen molar-refractivity contribution in [3.63, 3.8) is 0 Å². The summed E-state index contributed by atoms with van der Waals surface area (Å²) in [6, 6.07) is 27.5. The molecule has 4 rings (SSSR count). The zero-order valence-electron chi connectivity index (χ0n) is 13.5. The fraction of sp³-hybridized carbons (Fsp3) is 0. The van der Waals surface area contributed by atoms with E-state index in [0.717, 1.165) is 33.3 Å². The first kappa shape index (κ1) is 15.6. The highest BCUT2D eigenvalue weighted by Gasteiger charge is 2.14. The van der Waals surface area contributed by atoms with Crippen LogP contribution in [0.4, 0.5) is 0 Å². The molecule has 2 N–H and O–H groups in total. The Bertz CT molecular complexity index is 1010. The molecule has 0 bridgehead atoms. The first-order valence-electron chi connectivity index (χ1n) is 8.14. The molecule has 1 aromatic heterocycles. The maximum Gasteiger partial charge on any atom is 0.488 e. The molecule has 0 amide bonds. The topological polar surface area (TPSA) is 53.4 Å². The summed E-state index contributed by atoms with van der Waals surface area (Å²) >= 11 is 0. The molecule has 3 nitrogen and oxygen atoms in total. The Kier molecular flexibility index (Phi) is 4.06. The number of hydrogen-bond donors (Lipinski definition) is 2. The van der Waals surface area contributed by atoms with Gasteiger partial charge in [0.05, 0.1) is 11.2 Å². The Balaban J connectivity index is 1.94. The van der Waals surface area contributed by atoms with Crippen molar-refractivity contribution in [2.45, 2.75) is 0 Å². The van der Waals surface area contributed by atoms with Crippen LogP contribution in [0.3, 0.4) is 0 Å². The molecular formula is C21H16BNO2. The Morgan fingerprint density at radius 2 is 1.36 bits per heavy atom. The molecule has 0 spiro atoms. The third kappa shape index (κ3) is 3.05. The maximum absolute atomic E-state index is 9.30. The maximum atomic E-state index is 9.30. The van der Waals surface area contributed by atoms with Crippen LogP contribution in [0.25, 0.3) is 33.3 Å². The lowest BCUT2D eigenvalue weighted by Crippen LogP contribution is -2.29. The lowest BCUT2D eigenvalue weighted by Gasteiger charge is -2.12. The molecule has 0 atom stereocenters.